The maximum absolute atomic E-state index is 15.3. The molecule has 1 aromatic carbocycles. The van der Waals surface area contributed by atoms with Gasteiger partial charge in [0.25, 0.3) is 10.1 Å². The second-order valence-electron chi connectivity index (χ2n) is 10.8. The number of halogens is 3. The molecule has 18 heteroatoms. The van der Waals surface area contributed by atoms with E-state index < -0.39 is 68.4 Å². The highest BCUT2D eigenvalue weighted by molar-refractivity contribution is 7.85. The minimum Gasteiger partial charge on any atom is -0.477 e. The van der Waals surface area contributed by atoms with Crippen molar-refractivity contribution in [3.05, 3.63) is 63.7 Å². The van der Waals surface area contributed by atoms with E-state index in [1.807, 2.05) is 0 Å². The van der Waals surface area contributed by atoms with E-state index in [2.05, 4.69) is 15.6 Å². The van der Waals surface area contributed by atoms with Crippen molar-refractivity contribution in [2.75, 3.05) is 24.2 Å². The Balaban J connectivity index is 0.000000854. The average molecular weight is 655 g/mol. The molecular formula is C27H29F3N6O8S. The van der Waals surface area contributed by atoms with Crippen LogP contribution in [0.2, 0.25) is 0 Å². The molecule has 1 aliphatic carbocycles. The van der Waals surface area contributed by atoms with Crippen LogP contribution in [0.15, 0.2) is 35.3 Å². The van der Waals surface area contributed by atoms with Crippen LogP contribution in [-0.4, -0.2) is 82.9 Å². The van der Waals surface area contributed by atoms with E-state index in [0.717, 1.165) is 29.0 Å². The molecule has 2 fully saturated rings. The van der Waals surface area contributed by atoms with Crippen molar-refractivity contribution in [2.24, 2.45) is 17.6 Å². The Morgan fingerprint density at radius 3 is 2.20 bits per heavy atom. The number of carbonyl (C=O) groups is 3. The molecule has 0 radical (unpaired) electrons. The minimum atomic E-state index is -3.67. The van der Waals surface area contributed by atoms with Crippen LogP contribution >= 0.6 is 0 Å². The highest BCUT2D eigenvalue weighted by Gasteiger charge is 2.56. The molecule has 3 aromatic rings. The van der Waals surface area contributed by atoms with Gasteiger partial charge in [0, 0.05) is 31.4 Å². The maximum atomic E-state index is 15.3. The number of pyridine rings is 2. The van der Waals surface area contributed by atoms with Crippen LogP contribution in [0.3, 0.4) is 0 Å². The largest absolute Gasteiger partial charge is 0.477 e. The molecule has 2 aromatic heterocycles. The van der Waals surface area contributed by atoms with Crippen LogP contribution in [0.4, 0.5) is 19.0 Å². The van der Waals surface area contributed by atoms with Crippen molar-refractivity contribution in [3.8, 4) is 5.69 Å². The van der Waals surface area contributed by atoms with Gasteiger partial charge in [-0.05, 0) is 43.9 Å². The van der Waals surface area contributed by atoms with Crippen LogP contribution in [0.1, 0.15) is 24.2 Å². The van der Waals surface area contributed by atoms with E-state index >= 15 is 4.39 Å². The number of hydrogen-bond donors (Lipinski definition) is 5. The first-order valence-electron chi connectivity index (χ1n) is 13.4. The van der Waals surface area contributed by atoms with E-state index in [4.69, 9.17) is 10.3 Å². The normalized spacial score (nSPS) is 20.1. The predicted molar refractivity (Wildman–Crippen MR) is 154 cm³/mol. The predicted octanol–water partition coefficient (Wildman–Crippen LogP) is 0.408. The number of nitrogens with two attached hydrogens (primary N) is 1. The number of fused-ring (bicyclic) bond motifs is 2. The lowest BCUT2D eigenvalue weighted by molar-refractivity contribution is -0.132. The van der Waals surface area contributed by atoms with Crippen LogP contribution in [0, 0.1) is 29.3 Å². The summed E-state index contributed by atoms with van der Waals surface area (Å²) >= 11 is 0. The van der Waals surface area contributed by atoms with E-state index in [1.54, 1.807) is 11.8 Å². The van der Waals surface area contributed by atoms with Crippen LogP contribution in [0.5, 0.6) is 0 Å². The SMILES string of the molecule is CS(=O)(=O)O.C[C@H](N)C(=O)NC(=O)[C@H](C)NC1[C@H]2CN(c3nc4c(cc3F)c(=O)c(C(=O)O)cn4-c3ccc(F)cc3F)C[C@@H]12. The fourth-order valence-corrected chi connectivity index (χ4v) is 5.10. The fourth-order valence-electron chi connectivity index (χ4n) is 5.10. The number of imide groups is 1. The Kier molecular flexibility index (Phi) is 9.34. The Hall–Kier alpha value is -4.39. The summed E-state index contributed by atoms with van der Waals surface area (Å²) < 4.78 is 70.3. The quantitative estimate of drug-likeness (QED) is 0.219. The number of amides is 2. The molecule has 242 valence electrons. The van der Waals surface area contributed by atoms with Gasteiger partial charge < -0.3 is 21.1 Å². The summed E-state index contributed by atoms with van der Waals surface area (Å²) in [5, 5.41) is 14.5. The van der Waals surface area contributed by atoms with Crippen molar-refractivity contribution in [2.45, 2.75) is 32.0 Å². The molecule has 3 heterocycles. The van der Waals surface area contributed by atoms with Gasteiger partial charge in [-0.2, -0.15) is 8.42 Å². The Morgan fingerprint density at radius 2 is 1.67 bits per heavy atom. The number of hydrogen-bond acceptors (Lipinski definition) is 10. The number of benzene rings is 1. The number of aromatic carboxylic acids is 1. The van der Waals surface area contributed by atoms with Crippen LogP contribution < -0.4 is 26.7 Å². The summed E-state index contributed by atoms with van der Waals surface area (Å²) in [4.78, 5) is 54.4. The van der Waals surface area contributed by atoms with Crippen molar-refractivity contribution in [3.63, 3.8) is 0 Å². The number of nitrogens with one attached hydrogen (secondary N) is 2. The summed E-state index contributed by atoms with van der Waals surface area (Å²) in [7, 11) is -3.67. The number of carboxylic acids is 1. The molecule has 5 atom stereocenters. The number of nitrogens with zero attached hydrogens (tertiary/aromatic N) is 3. The lowest BCUT2D eigenvalue weighted by Crippen LogP contribution is -2.50. The zero-order valence-corrected chi connectivity index (χ0v) is 24.8. The molecule has 2 amide bonds. The topological polar surface area (TPSA) is 214 Å². The lowest BCUT2D eigenvalue weighted by Gasteiger charge is -2.24. The Labute approximate surface area is 253 Å². The Morgan fingerprint density at radius 1 is 1.07 bits per heavy atom. The molecule has 0 spiro atoms. The van der Waals surface area contributed by atoms with Gasteiger partial charge in [0.1, 0.15) is 17.2 Å². The van der Waals surface area contributed by atoms with Gasteiger partial charge in [0.05, 0.1) is 29.4 Å². The van der Waals surface area contributed by atoms with Crippen LogP contribution in [-0.2, 0) is 19.7 Å². The maximum Gasteiger partial charge on any atom is 0.341 e. The smallest absolute Gasteiger partial charge is 0.341 e. The first-order chi connectivity index (χ1) is 20.9. The molecular weight excluding hydrogens is 625 g/mol. The average Bonchev–Trinajstić information content (AvgIpc) is 3.34. The number of anilines is 1. The zero-order valence-electron chi connectivity index (χ0n) is 24.0. The third kappa shape index (κ3) is 7.47. The Bertz CT molecular complexity index is 1850. The fraction of sp³-hybridized carbons (Fsp3) is 0.370. The van der Waals surface area contributed by atoms with E-state index in [0.29, 0.717) is 25.4 Å². The molecule has 2 aliphatic rings. The van der Waals surface area contributed by atoms with Gasteiger partial charge >= 0.3 is 5.97 Å². The number of piperidine rings is 1. The number of carbonyl (C=O) groups excluding carboxylic acids is 2. The van der Waals surface area contributed by atoms with Crippen molar-refractivity contribution in [1.82, 2.24) is 20.2 Å². The molecule has 5 rings (SSSR count). The van der Waals surface area contributed by atoms with Gasteiger partial charge in [-0.1, -0.05) is 0 Å². The third-order valence-corrected chi connectivity index (χ3v) is 7.30. The van der Waals surface area contributed by atoms with Crippen molar-refractivity contribution in [1.29, 1.82) is 0 Å². The highest BCUT2D eigenvalue weighted by Crippen LogP contribution is 2.47. The summed E-state index contributed by atoms with van der Waals surface area (Å²) in [6, 6.07) is 1.92. The summed E-state index contributed by atoms with van der Waals surface area (Å²) in [5.41, 5.74) is 3.26. The molecule has 14 nitrogen and oxygen atoms in total. The first kappa shape index (κ1) is 33.5. The van der Waals surface area contributed by atoms with Gasteiger partial charge in [-0.25, -0.2) is 22.9 Å². The van der Waals surface area contributed by atoms with E-state index in [1.165, 1.54) is 6.92 Å². The van der Waals surface area contributed by atoms with Gasteiger partial charge in [0.15, 0.2) is 17.3 Å². The van der Waals surface area contributed by atoms with Crippen molar-refractivity contribution >= 4 is 44.8 Å². The molecule has 45 heavy (non-hydrogen) atoms. The standard InChI is InChI=1S/C26H25F3N6O5.CH4O3S/c1-10(30)24(37)33-25(38)11(2)31-20-14-7-34(8-15(14)20)23-18(29)6-13-21(36)16(26(39)40)9-35(22(13)32-23)19-4-3-12(27)5-17(19)28;1-5(2,3)4/h3-6,9-11,14-15,20,31H,7-8,30H2,1-2H3,(H,39,40)(H,33,37,38);1H3,(H,2,3,4)/t10-,11-,14-,15+,20?;/m0./s1. The number of aromatic nitrogens is 2. The van der Waals surface area contributed by atoms with Gasteiger partial charge in [0.2, 0.25) is 17.2 Å². The number of carboxylic acid groups (broad SMARTS) is 1. The van der Waals surface area contributed by atoms with Gasteiger partial charge in [-0.15, -0.1) is 0 Å². The van der Waals surface area contributed by atoms with Crippen molar-refractivity contribution < 1.29 is 45.6 Å². The minimum absolute atomic E-state index is 0.0439. The summed E-state index contributed by atoms with van der Waals surface area (Å²) in [5.74, 6) is -5.51. The zero-order chi connectivity index (χ0) is 33.5. The third-order valence-electron chi connectivity index (χ3n) is 7.30. The second-order valence-corrected chi connectivity index (χ2v) is 12.3. The molecule has 1 saturated carbocycles. The number of rotatable bonds is 7. The molecule has 1 unspecified atom stereocenters. The van der Waals surface area contributed by atoms with Gasteiger partial charge in [-0.3, -0.25) is 28.8 Å². The monoisotopic (exact) mass is 654 g/mol. The molecule has 0 bridgehead atoms. The second kappa shape index (κ2) is 12.5. The first-order valence-corrected chi connectivity index (χ1v) is 15.2. The summed E-state index contributed by atoms with van der Waals surface area (Å²) in [6.07, 6.45) is 1.59. The van der Waals surface area contributed by atoms with Crippen LogP contribution in [0.25, 0.3) is 16.7 Å². The van der Waals surface area contributed by atoms with E-state index in [-0.39, 0.29) is 40.4 Å². The lowest BCUT2D eigenvalue weighted by atomic mass is 10.1. The molecule has 1 aliphatic heterocycles. The molecule has 6 N–H and O–H groups in total. The highest BCUT2D eigenvalue weighted by atomic mass is 32.2. The summed E-state index contributed by atoms with van der Waals surface area (Å²) in [6.45, 7) is 3.78. The van der Waals surface area contributed by atoms with E-state index in [9.17, 15) is 41.5 Å². The molecule has 1 saturated heterocycles.